The van der Waals surface area contributed by atoms with Crippen molar-refractivity contribution in [1.29, 1.82) is 0 Å². The van der Waals surface area contributed by atoms with Crippen molar-refractivity contribution in [3.63, 3.8) is 0 Å². The molecule has 0 radical (unpaired) electrons. The van der Waals surface area contributed by atoms with Gasteiger partial charge in [0.15, 0.2) is 0 Å². The minimum atomic E-state index is -0.804. The third kappa shape index (κ3) is 2.38. The van der Waals surface area contributed by atoms with Crippen LogP contribution in [0.1, 0.15) is 20.9 Å². The fourth-order valence-electron chi connectivity index (χ4n) is 1.84. The molecule has 3 rings (SSSR count). The van der Waals surface area contributed by atoms with E-state index >= 15 is 0 Å². The van der Waals surface area contributed by atoms with E-state index in [0.717, 1.165) is 28.8 Å². The Labute approximate surface area is 122 Å². The van der Waals surface area contributed by atoms with Crippen LogP contribution in [-0.2, 0) is 0 Å². The van der Waals surface area contributed by atoms with Crippen molar-refractivity contribution < 1.29 is 13.6 Å². The van der Waals surface area contributed by atoms with Crippen molar-refractivity contribution in [2.24, 2.45) is 0 Å². The van der Waals surface area contributed by atoms with Crippen LogP contribution in [0.2, 0.25) is 0 Å². The summed E-state index contributed by atoms with van der Waals surface area (Å²) in [5.41, 5.74) is 0.529. The van der Waals surface area contributed by atoms with Crippen LogP contribution in [0.15, 0.2) is 18.2 Å². The molecule has 1 N–H and O–H groups in total. The lowest BCUT2D eigenvalue weighted by Crippen LogP contribution is -2.15. The number of carbonyl (C=O) groups is 1. The topological polar surface area (TPSA) is 59.3 Å². The van der Waals surface area contributed by atoms with Gasteiger partial charge in [-0.05, 0) is 32.0 Å². The smallest absolute Gasteiger partial charge is 0.261 e. The predicted octanol–water partition coefficient (Wildman–Crippen LogP) is 2.94. The van der Waals surface area contributed by atoms with Crippen molar-refractivity contribution in [2.45, 2.75) is 13.8 Å². The number of aromatic nitrogens is 3. The number of rotatable bonds is 2. The monoisotopic (exact) mass is 308 g/mol. The van der Waals surface area contributed by atoms with E-state index in [-0.39, 0.29) is 11.5 Å². The van der Waals surface area contributed by atoms with E-state index in [1.54, 1.807) is 4.52 Å². The highest BCUT2D eigenvalue weighted by atomic mass is 32.1. The molecule has 8 heteroatoms. The number of nitrogens with one attached hydrogen (secondary N) is 1. The molecule has 2 heterocycles. The van der Waals surface area contributed by atoms with E-state index in [0.29, 0.717) is 4.96 Å². The molecule has 2 aromatic heterocycles. The number of anilines is 1. The Morgan fingerprint density at radius 2 is 2.10 bits per heavy atom. The molecule has 3 aromatic rings. The van der Waals surface area contributed by atoms with E-state index in [1.165, 1.54) is 11.3 Å². The number of halogens is 2. The summed E-state index contributed by atoms with van der Waals surface area (Å²) in [5, 5.41) is 6.48. The average Bonchev–Trinajstić information content (AvgIpc) is 2.93. The number of thiazole rings is 1. The first-order valence-electron chi connectivity index (χ1n) is 6.05. The van der Waals surface area contributed by atoms with Gasteiger partial charge in [0.05, 0.1) is 11.3 Å². The zero-order valence-corrected chi connectivity index (χ0v) is 12.0. The van der Waals surface area contributed by atoms with Crippen molar-refractivity contribution in [3.05, 3.63) is 46.0 Å². The molecule has 0 aliphatic rings. The van der Waals surface area contributed by atoms with Gasteiger partial charge >= 0.3 is 0 Å². The Morgan fingerprint density at radius 1 is 1.33 bits per heavy atom. The normalized spacial score (nSPS) is 11.0. The van der Waals surface area contributed by atoms with Crippen molar-refractivity contribution in [3.8, 4) is 0 Å². The molecule has 0 unspecified atom stereocenters. The van der Waals surface area contributed by atoms with Crippen molar-refractivity contribution >= 4 is 28.2 Å². The first kappa shape index (κ1) is 13.6. The molecule has 0 aliphatic heterocycles. The summed E-state index contributed by atoms with van der Waals surface area (Å²) in [6, 6.07) is 2.68. The number of benzene rings is 1. The van der Waals surface area contributed by atoms with Crippen LogP contribution >= 0.6 is 11.3 Å². The van der Waals surface area contributed by atoms with Crippen LogP contribution < -0.4 is 5.32 Å². The van der Waals surface area contributed by atoms with Gasteiger partial charge in [-0.1, -0.05) is 11.3 Å². The number of aryl methyl sites for hydroxylation is 2. The van der Waals surface area contributed by atoms with Crippen LogP contribution in [0.25, 0.3) is 4.96 Å². The summed E-state index contributed by atoms with van der Waals surface area (Å²) in [4.78, 5) is 17.8. The maximum atomic E-state index is 13.5. The number of hydrogen-bond donors (Lipinski definition) is 1. The molecule has 0 fully saturated rings. The summed E-state index contributed by atoms with van der Waals surface area (Å²) in [6.07, 6.45) is 0. The van der Waals surface area contributed by atoms with Gasteiger partial charge in [-0.25, -0.2) is 13.3 Å². The zero-order chi connectivity index (χ0) is 15.1. The predicted molar refractivity (Wildman–Crippen MR) is 74.6 cm³/mol. The molecule has 0 bridgehead atoms. The molecule has 1 amide bonds. The molecular weight excluding hydrogens is 298 g/mol. The number of amides is 1. The molecule has 5 nitrogen and oxygen atoms in total. The highest BCUT2D eigenvalue weighted by molar-refractivity contribution is 7.17. The van der Waals surface area contributed by atoms with Gasteiger partial charge in [0.1, 0.15) is 11.6 Å². The van der Waals surface area contributed by atoms with E-state index in [2.05, 4.69) is 15.4 Å². The molecule has 21 heavy (non-hydrogen) atoms. The van der Waals surface area contributed by atoms with Crippen molar-refractivity contribution in [1.82, 2.24) is 14.6 Å². The van der Waals surface area contributed by atoms with Gasteiger partial charge in [-0.2, -0.15) is 4.98 Å². The summed E-state index contributed by atoms with van der Waals surface area (Å²) in [5.74, 6) is -2.23. The standard InChI is InChI=1S/C13H10F2N4OS/c1-6-7(2)21-13-17-12(18-19(6)13)16-11(20)9-5-8(14)3-4-10(9)15/h3-5H,1-2H3,(H,16,18,20). The van der Waals surface area contributed by atoms with Crippen LogP contribution in [0, 0.1) is 25.5 Å². The molecule has 0 aliphatic carbocycles. The van der Waals surface area contributed by atoms with Gasteiger partial charge in [0, 0.05) is 4.88 Å². The van der Waals surface area contributed by atoms with Gasteiger partial charge in [-0.3, -0.25) is 10.1 Å². The van der Waals surface area contributed by atoms with Crippen molar-refractivity contribution in [2.75, 3.05) is 5.32 Å². The summed E-state index contributed by atoms with van der Waals surface area (Å²) >= 11 is 1.43. The Balaban J connectivity index is 1.90. The Bertz CT molecular complexity index is 855. The summed E-state index contributed by atoms with van der Waals surface area (Å²) in [7, 11) is 0. The average molecular weight is 308 g/mol. The third-order valence-electron chi connectivity index (χ3n) is 3.05. The highest BCUT2D eigenvalue weighted by Gasteiger charge is 2.16. The van der Waals surface area contributed by atoms with Gasteiger partial charge in [-0.15, -0.1) is 5.10 Å². The zero-order valence-electron chi connectivity index (χ0n) is 11.1. The van der Waals surface area contributed by atoms with Crippen LogP contribution in [0.4, 0.5) is 14.7 Å². The molecule has 0 atom stereocenters. The van der Waals surface area contributed by atoms with Gasteiger partial charge < -0.3 is 0 Å². The maximum Gasteiger partial charge on any atom is 0.261 e. The molecule has 0 saturated carbocycles. The molecular formula is C13H10F2N4OS. The second-order valence-corrected chi connectivity index (χ2v) is 5.63. The number of nitrogens with zero attached hydrogens (tertiary/aromatic N) is 3. The maximum absolute atomic E-state index is 13.5. The lowest BCUT2D eigenvalue weighted by Gasteiger charge is -2.02. The molecule has 108 valence electrons. The SMILES string of the molecule is Cc1sc2nc(NC(=O)c3cc(F)ccc3F)nn2c1C. The number of fused-ring (bicyclic) bond motifs is 1. The van der Waals surface area contributed by atoms with E-state index in [1.807, 2.05) is 13.8 Å². The molecule has 0 spiro atoms. The number of carbonyl (C=O) groups excluding carboxylic acids is 1. The third-order valence-corrected chi connectivity index (χ3v) is 4.10. The summed E-state index contributed by atoms with van der Waals surface area (Å²) < 4.78 is 28.2. The van der Waals surface area contributed by atoms with Crippen LogP contribution in [-0.4, -0.2) is 20.5 Å². The first-order chi connectivity index (χ1) is 9.95. The van der Waals surface area contributed by atoms with Crippen LogP contribution in [0.5, 0.6) is 0 Å². The van der Waals surface area contributed by atoms with Crippen LogP contribution in [0.3, 0.4) is 0 Å². The lowest BCUT2D eigenvalue weighted by molar-refractivity contribution is 0.102. The minimum absolute atomic E-state index is 0.0537. The van der Waals surface area contributed by atoms with E-state index in [9.17, 15) is 13.6 Å². The Kier molecular flexibility index (Phi) is 3.17. The second-order valence-electron chi connectivity index (χ2n) is 4.45. The van der Waals surface area contributed by atoms with E-state index in [4.69, 9.17) is 0 Å². The van der Waals surface area contributed by atoms with Gasteiger partial charge in [0.25, 0.3) is 11.9 Å². The number of hydrogen-bond acceptors (Lipinski definition) is 4. The first-order valence-corrected chi connectivity index (χ1v) is 6.86. The quantitative estimate of drug-likeness (QED) is 0.792. The molecule has 1 aromatic carbocycles. The second kappa shape index (κ2) is 4.88. The summed E-state index contributed by atoms with van der Waals surface area (Å²) in [6.45, 7) is 3.82. The fraction of sp³-hybridized carbons (Fsp3) is 0.154. The lowest BCUT2D eigenvalue weighted by atomic mass is 10.2. The van der Waals surface area contributed by atoms with Gasteiger partial charge in [0.2, 0.25) is 4.96 Å². The Morgan fingerprint density at radius 3 is 2.81 bits per heavy atom. The minimum Gasteiger partial charge on any atom is -0.289 e. The Hall–Kier alpha value is -2.35. The molecule has 0 saturated heterocycles. The van der Waals surface area contributed by atoms with E-state index < -0.39 is 17.5 Å². The fourth-order valence-corrected chi connectivity index (χ4v) is 2.74. The highest BCUT2D eigenvalue weighted by Crippen LogP contribution is 2.21. The largest absolute Gasteiger partial charge is 0.289 e.